The third-order valence-corrected chi connectivity index (χ3v) is 2.95. The number of nitrogens with zero attached hydrogens (tertiary/aromatic N) is 2. The molecule has 3 nitrogen and oxygen atoms in total. The fourth-order valence-corrected chi connectivity index (χ4v) is 1.92. The predicted molar refractivity (Wildman–Crippen MR) is 73.2 cm³/mol. The highest BCUT2D eigenvalue weighted by Crippen LogP contribution is 2.25. The van der Waals surface area contributed by atoms with Gasteiger partial charge in [0, 0.05) is 16.9 Å². The minimum absolute atomic E-state index is 0.562. The Bertz CT molecular complexity index is 629. The van der Waals surface area contributed by atoms with Crippen molar-refractivity contribution < 1.29 is 0 Å². The molecule has 0 atom stereocenters. The molecule has 1 heterocycles. The zero-order chi connectivity index (χ0) is 13.1. The molecule has 0 saturated heterocycles. The van der Waals surface area contributed by atoms with Gasteiger partial charge in [0.15, 0.2) is 0 Å². The number of pyridine rings is 1. The normalized spacial score (nSPS) is 9.89. The van der Waals surface area contributed by atoms with E-state index in [1.165, 1.54) is 0 Å². The number of hydrogen-bond donors (Lipinski definition) is 1. The summed E-state index contributed by atoms with van der Waals surface area (Å²) in [6.45, 7) is 3.84. The van der Waals surface area contributed by atoms with Crippen molar-refractivity contribution in [3.63, 3.8) is 0 Å². The second-order valence-electron chi connectivity index (χ2n) is 4.05. The van der Waals surface area contributed by atoms with Gasteiger partial charge in [-0.25, -0.2) is 4.98 Å². The number of halogens is 1. The summed E-state index contributed by atoms with van der Waals surface area (Å²) < 4.78 is 0. The third kappa shape index (κ3) is 2.44. The van der Waals surface area contributed by atoms with Crippen LogP contribution < -0.4 is 5.32 Å². The fourth-order valence-electron chi connectivity index (χ4n) is 1.69. The lowest BCUT2D eigenvalue weighted by Crippen LogP contribution is -1.99. The highest BCUT2D eigenvalue weighted by Gasteiger charge is 2.08. The highest BCUT2D eigenvalue weighted by molar-refractivity contribution is 6.30. The molecular weight excluding hydrogens is 246 g/mol. The van der Waals surface area contributed by atoms with E-state index in [0.717, 1.165) is 16.8 Å². The fraction of sp³-hybridized carbons (Fsp3) is 0.143. The van der Waals surface area contributed by atoms with Gasteiger partial charge in [0.2, 0.25) is 0 Å². The first-order chi connectivity index (χ1) is 8.61. The Kier molecular flexibility index (Phi) is 3.50. The number of aryl methyl sites for hydroxylation is 2. The van der Waals surface area contributed by atoms with Gasteiger partial charge in [-0.3, -0.25) is 0 Å². The maximum atomic E-state index is 9.14. The van der Waals surface area contributed by atoms with Gasteiger partial charge in [0.1, 0.15) is 11.9 Å². The van der Waals surface area contributed by atoms with Crippen molar-refractivity contribution in [2.45, 2.75) is 13.8 Å². The second kappa shape index (κ2) is 5.07. The SMILES string of the molecule is Cc1cc(Cl)ccc1Nc1nccc(C)c1C#N. The summed E-state index contributed by atoms with van der Waals surface area (Å²) in [5.74, 6) is 0.572. The summed E-state index contributed by atoms with van der Waals surface area (Å²) in [7, 11) is 0. The van der Waals surface area contributed by atoms with Crippen LogP contribution in [0.5, 0.6) is 0 Å². The smallest absolute Gasteiger partial charge is 0.148 e. The second-order valence-corrected chi connectivity index (χ2v) is 4.48. The number of hydrogen-bond acceptors (Lipinski definition) is 3. The molecule has 0 spiro atoms. The van der Waals surface area contributed by atoms with Gasteiger partial charge < -0.3 is 5.32 Å². The third-order valence-electron chi connectivity index (χ3n) is 2.71. The molecule has 1 N–H and O–H groups in total. The van der Waals surface area contributed by atoms with E-state index >= 15 is 0 Å². The van der Waals surface area contributed by atoms with Crippen LogP contribution in [0.1, 0.15) is 16.7 Å². The van der Waals surface area contributed by atoms with Crippen molar-refractivity contribution in [3.8, 4) is 6.07 Å². The zero-order valence-electron chi connectivity index (χ0n) is 10.2. The maximum Gasteiger partial charge on any atom is 0.148 e. The summed E-state index contributed by atoms with van der Waals surface area (Å²) in [5, 5.41) is 13.0. The van der Waals surface area contributed by atoms with E-state index in [9.17, 15) is 0 Å². The molecule has 0 unspecified atom stereocenters. The van der Waals surface area contributed by atoms with Crippen LogP contribution in [-0.4, -0.2) is 4.98 Å². The molecule has 0 bridgehead atoms. The highest BCUT2D eigenvalue weighted by atomic mass is 35.5. The van der Waals surface area contributed by atoms with Crippen LogP contribution in [0.25, 0.3) is 0 Å². The van der Waals surface area contributed by atoms with E-state index in [0.29, 0.717) is 16.4 Å². The van der Waals surface area contributed by atoms with E-state index in [-0.39, 0.29) is 0 Å². The van der Waals surface area contributed by atoms with Crippen LogP contribution in [0, 0.1) is 25.2 Å². The first kappa shape index (κ1) is 12.4. The lowest BCUT2D eigenvalue weighted by Gasteiger charge is -2.11. The molecular formula is C14H12ClN3. The molecule has 1 aromatic heterocycles. The lowest BCUT2D eigenvalue weighted by molar-refractivity contribution is 1.24. The van der Waals surface area contributed by atoms with Gasteiger partial charge in [-0.1, -0.05) is 11.6 Å². The quantitative estimate of drug-likeness (QED) is 0.886. The summed E-state index contributed by atoms with van der Waals surface area (Å²) in [6, 6.07) is 9.53. The van der Waals surface area contributed by atoms with Gasteiger partial charge in [0.25, 0.3) is 0 Å². The average molecular weight is 258 g/mol. The summed E-state index contributed by atoms with van der Waals surface area (Å²) in [5.41, 5.74) is 3.37. The monoisotopic (exact) mass is 257 g/mol. The van der Waals surface area contributed by atoms with E-state index in [2.05, 4.69) is 16.4 Å². The Labute approximate surface area is 111 Å². The average Bonchev–Trinajstić information content (AvgIpc) is 2.33. The van der Waals surface area contributed by atoms with Crippen LogP contribution in [-0.2, 0) is 0 Å². The number of anilines is 2. The number of nitrogens with one attached hydrogen (secondary N) is 1. The van der Waals surface area contributed by atoms with Crippen LogP contribution in [0.15, 0.2) is 30.5 Å². The molecule has 0 radical (unpaired) electrons. The first-order valence-corrected chi connectivity index (χ1v) is 5.88. The van der Waals surface area contributed by atoms with Crippen molar-refractivity contribution in [1.29, 1.82) is 5.26 Å². The maximum absolute atomic E-state index is 9.14. The van der Waals surface area contributed by atoms with Crippen molar-refractivity contribution in [2.24, 2.45) is 0 Å². The molecule has 0 aliphatic carbocycles. The van der Waals surface area contributed by atoms with Crippen LogP contribution in [0.4, 0.5) is 11.5 Å². The van der Waals surface area contributed by atoms with Gasteiger partial charge >= 0.3 is 0 Å². The van der Waals surface area contributed by atoms with Crippen molar-refractivity contribution in [2.75, 3.05) is 5.32 Å². The standard InChI is InChI=1S/C14H12ClN3/c1-9-5-6-17-14(12(9)8-16)18-13-4-3-11(15)7-10(13)2/h3-7H,1-2H3,(H,17,18). The van der Waals surface area contributed by atoms with E-state index in [4.69, 9.17) is 16.9 Å². The topological polar surface area (TPSA) is 48.7 Å². The molecule has 2 aromatic rings. The number of nitriles is 1. The van der Waals surface area contributed by atoms with Gasteiger partial charge in [0.05, 0.1) is 5.56 Å². The molecule has 90 valence electrons. The minimum Gasteiger partial charge on any atom is -0.339 e. The molecule has 2 rings (SSSR count). The predicted octanol–water partition coefficient (Wildman–Crippen LogP) is 3.97. The summed E-state index contributed by atoms with van der Waals surface area (Å²) >= 11 is 5.91. The Balaban J connectivity index is 2.41. The Morgan fingerprint density at radius 3 is 2.67 bits per heavy atom. The van der Waals surface area contributed by atoms with Crippen LogP contribution >= 0.6 is 11.6 Å². The number of benzene rings is 1. The number of rotatable bonds is 2. The molecule has 18 heavy (non-hydrogen) atoms. The molecule has 0 aliphatic rings. The van der Waals surface area contributed by atoms with E-state index < -0.39 is 0 Å². The minimum atomic E-state index is 0.562. The Morgan fingerprint density at radius 1 is 1.22 bits per heavy atom. The Morgan fingerprint density at radius 2 is 2.00 bits per heavy atom. The van der Waals surface area contributed by atoms with Gasteiger partial charge in [-0.2, -0.15) is 5.26 Å². The Hall–Kier alpha value is -2.05. The first-order valence-electron chi connectivity index (χ1n) is 5.50. The van der Waals surface area contributed by atoms with Crippen LogP contribution in [0.3, 0.4) is 0 Å². The van der Waals surface area contributed by atoms with Crippen LogP contribution in [0.2, 0.25) is 5.02 Å². The van der Waals surface area contributed by atoms with Crippen molar-refractivity contribution >= 4 is 23.1 Å². The zero-order valence-corrected chi connectivity index (χ0v) is 10.9. The van der Waals surface area contributed by atoms with Crippen molar-refractivity contribution in [3.05, 3.63) is 52.2 Å². The summed E-state index contributed by atoms with van der Waals surface area (Å²) in [4.78, 5) is 4.20. The lowest BCUT2D eigenvalue weighted by atomic mass is 10.1. The number of aromatic nitrogens is 1. The van der Waals surface area contributed by atoms with Crippen molar-refractivity contribution in [1.82, 2.24) is 4.98 Å². The summed E-state index contributed by atoms with van der Waals surface area (Å²) in [6.07, 6.45) is 1.68. The molecule has 4 heteroatoms. The molecule has 0 aliphatic heterocycles. The van der Waals surface area contributed by atoms with Gasteiger partial charge in [-0.15, -0.1) is 0 Å². The van der Waals surface area contributed by atoms with E-state index in [1.54, 1.807) is 12.3 Å². The van der Waals surface area contributed by atoms with Gasteiger partial charge in [-0.05, 0) is 49.2 Å². The van der Waals surface area contributed by atoms with E-state index in [1.807, 2.05) is 32.0 Å². The molecule has 0 fully saturated rings. The molecule has 1 aromatic carbocycles. The largest absolute Gasteiger partial charge is 0.339 e. The molecule has 0 amide bonds. The molecule has 0 saturated carbocycles.